The van der Waals surface area contributed by atoms with Crippen molar-refractivity contribution in [3.05, 3.63) is 35.9 Å². The van der Waals surface area contributed by atoms with E-state index in [-0.39, 0.29) is 18.1 Å². The second-order valence-electron chi connectivity index (χ2n) is 3.15. The zero-order valence-electron chi connectivity index (χ0n) is 9.67. The average Bonchev–Trinajstić information content (AvgIpc) is 2.36. The van der Waals surface area contributed by atoms with E-state index in [9.17, 15) is 9.59 Å². The van der Waals surface area contributed by atoms with Crippen molar-refractivity contribution >= 4 is 17.7 Å². The fraction of sp³-hybridized carbons (Fsp3) is 0.250. The van der Waals surface area contributed by atoms with E-state index in [1.807, 2.05) is 0 Å². The molecule has 5 nitrogen and oxygen atoms in total. The molecule has 0 saturated carbocycles. The molecule has 0 aliphatic rings. The minimum absolute atomic E-state index is 0.0873. The number of hydrogen-bond acceptors (Lipinski definition) is 5. The van der Waals surface area contributed by atoms with E-state index in [2.05, 4.69) is 14.7 Å². The summed E-state index contributed by atoms with van der Waals surface area (Å²) in [5, 5.41) is 3.41. The molecule has 0 atom stereocenters. The Morgan fingerprint density at radius 1 is 1.24 bits per heavy atom. The Bertz CT molecular complexity index is 425. The first-order valence-corrected chi connectivity index (χ1v) is 5.13. The molecule has 0 unspecified atom stereocenters. The summed E-state index contributed by atoms with van der Waals surface area (Å²) in [4.78, 5) is 27.0. The first-order valence-electron chi connectivity index (χ1n) is 5.13. The van der Waals surface area contributed by atoms with Crippen LogP contribution in [0, 0.1) is 0 Å². The maximum Gasteiger partial charge on any atom is 0.535 e. The summed E-state index contributed by atoms with van der Waals surface area (Å²) in [6, 6.07) is 8.61. The minimum Gasteiger partial charge on any atom is -0.433 e. The van der Waals surface area contributed by atoms with Crippen molar-refractivity contribution in [2.75, 3.05) is 6.61 Å². The standard InChI is InChI=1S/C12H13NO4/c1-3-16-12(15)17-13-9(2)11(14)10-7-5-4-6-8-10/h4-8H,3H2,1-2H3/b13-9+. The van der Waals surface area contributed by atoms with Crippen molar-refractivity contribution in [3.8, 4) is 0 Å². The third-order valence-electron chi connectivity index (χ3n) is 1.88. The Hall–Kier alpha value is -2.17. The predicted octanol–water partition coefficient (Wildman–Crippen LogP) is 2.42. The second-order valence-corrected chi connectivity index (χ2v) is 3.15. The summed E-state index contributed by atoms with van der Waals surface area (Å²) in [7, 11) is 0. The lowest BCUT2D eigenvalue weighted by atomic mass is 10.1. The van der Waals surface area contributed by atoms with Crippen LogP contribution in [0.2, 0.25) is 0 Å². The highest BCUT2D eigenvalue weighted by Crippen LogP contribution is 2.02. The SMILES string of the molecule is CCOC(=O)O/N=C(\C)C(=O)c1ccccc1. The highest BCUT2D eigenvalue weighted by atomic mass is 16.8. The Morgan fingerprint density at radius 2 is 1.88 bits per heavy atom. The van der Waals surface area contributed by atoms with E-state index in [0.29, 0.717) is 5.56 Å². The molecule has 0 aromatic heterocycles. The number of carbonyl (C=O) groups excluding carboxylic acids is 2. The highest BCUT2D eigenvalue weighted by Gasteiger charge is 2.10. The Morgan fingerprint density at radius 3 is 2.47 bits per heavy atom. The van der Waals surface area contributed by atoms with Crippen LogP contribution in [-0.2, 0) is 9.57 Å². The summed E-state index contributed by atoms with van der Waals surface area (Å²) in [6.07, 6.45) is -0.923. The average molecular weight is 235 g/mol. The first-order chi connectivity index (χ1) is 8.15. The van der Waals surface area contributed by atoms with Gasteiger partial charge in [-0.25, -0.2) is 4.79 Å². The normalized spacial score (nSPS) is 10.8. The zero-order chi connectivity index (χ0) is 12.7. The molecule has 5 heteroatoms. The number of carbonyl (C=O) groups is 2. The maximum atomic E-state index is 11.8. The number of Topliss-reactive ketones (excluding diaryl/α,β-unsaturated/α-hetero) is 1. The van der Waals surface area contributed by atoms with E-state index in [0.717, 1.165) is 0 Å². The van der Waals surface area contributed by atoms with Crippen LogP contribution in [0.25, 0.3) is 0 Å². The number of rotatable bonds is 4. The van der Waals surface area contributed by atoms with Gasteiger partial charge in [0.2, 0.25) is 5.78 Å². The molecule has 17 heavy (non-hydrogen) atoms. The Balaban J connectivity index is 2.64. The molecule has 0 aliphatic heterocycles. The molecule has 1 aromatic rings. The van der Waals surface area contributed by atoms with Gasteiger partial charge in [-0.3, -0.25) is 9.63 Å². The fourth-order valence-corrected chi connectivity index (χ4v) is 1.09. The van der Waals surface area contributed by atoms with Gasteiger partial charge in [0.15, 0.2) is 0 Å². The maximum absolute atomic E-state index is 11.8. The van der Waals surface area contributed by atoms with Gasteiger partial charge in [-0.2, -0.15) is 0 Å². The first kappa shape index (κ1) is 12.9. The molecule has 0 saturated heterocycles. The lowest BCUT2D eigenvalue weighted by Gasteiger charge is -2.00. The fourth-order valence-electron chi connectivity index (χ4n) is 1.09. The van der Waals surface area contributed by atoms with E-state index in [1.54, 1.807) is 37.3 Å². The molecule has 0 spiro atoms. The third-order valence-corrected chi connectivity index (χ3v) is 1.88. The van der Waals surface area contributed by atoms with Crippen molar-refractivity contribution in [3.63, 3.8) is 0 Å². The van der Waals surface area contributed by atoms with Crippen LogP contribution in [0.5, 0.6) is 0 Å². The number of ketones is 1. The van der Waals surface area contributed by atoms with Crippen molar-refractivity contribution in [2.45, 2.75) is 13.8 Å². The quantitative estimate of drug-likeness (QED) is 0.264. The van der Waals surface area contributed by atoms with Gasteiger partial charge in [0.25, 0.3) is 0 Å². The van der Waals surface area contributed by atoms with Gasteiger partial charge in [0.1, 0.15) is 5.71 Å². The Kier molecular flexibility index (Phi) is 4.87. The van der Waals surface area contributed by atoms with Crippen molar-refractivity contribution in [1.29, 1.82) is 0 Å². The highest BCUT2D eigenvalue weighted by molar-refractivity contribution is 6.45. The van der Waals surface area contributed by atoms with Gasteiger partial charge >= 0.3 is 6.16 Å². The number of benzene rings is 1. The molecule has 0 fully saturated rings. The van der Waals surface area contributed by atoms with Crippen LogP contribution < -0.4 is 0 Å². The number of oxime groups is 1. The van der Waals surface area contributed by atoms with Crippen molar-refractivity contribution in [2.24, 2.45) is 5.16 Å². The van der Waals surface area contributed by atoms with E-state index in [1.165, 1.54) is 6.92 Å². The van der Waals surface area contributed by atoms with E-state index < -0.39 is 6.16 Å². The third kappa shape index (κ3) is 4.06. The topological polar surface area (TPSA) is 65.0 Å². The molecule has 1 rings (SSSR count). The van der Waals surface area contributed by atoms with Crippen molar-refractivity contribution in [1.82, 2.24) is 0 Å². The van der Waals surface area contributed by atoms with Crippen LogP contribution in [0.15, 0.2) is 35.5 Å². The molecule has 0 aliphatic carbocycles. The molecule has 0 N–H and O–H groups in total. The summed E-state index contributed by atoms with van der Waals surface area (Å²) < 4.78 is 4.50. The molecular weight excluding hydrogens is 222 g/mol. The molecule has 1 aromatic carbocycles. The zero-order valence-corrected chi connectivity index (χ0v) is 9.67. The van der Waals surface area contributed by atoms with Crippen molar-refractivity contribution < 1.29 is 19.2 Å². The van der Waals surface area contributed by atoms with Crippen LogP contribution in [0.1, 0.15) is 24.2 Å². The van der Waals surface area contributed by atoms with E-state index in [4.69, 9.17) is 0 Å². The van der Waals surface area contributed by atoms with Gasteiger partial charge in [0, 0.05) is 5.56 Å². The van der Waals surface area contributed by atoms with Crippen LogP contribution in [-0.4, -0.2) is 24.3 Å². The van der Waals surface area contributed by atoms with Gasteiger partial charge in [-0.05, 0) is 13.8 Å². The lowest BCUT2D eigenvalue weighted by molar-refractivity contribution is 0.0610. The minimum atomic E-state index is -0.923. The van der Waals surface area contributed by atoms with Crippen LogP contribution >= 0.6 is 0 Å². The van der Waals surface area contributed by atoms with Gasteiger partial charge in [-0.15, -0.1) is 0 Å². The van der Waals surface area contributed by atoms with Gasteiger partial charge in [-0.1, -0.05) is 35.5 Å². The van der Waals surface area contributed by atoms with E-state index >= 15 is 0 Å². The summed E-state index contributed by atoms with van der Waals surface area (Å²) in [5.74, 6) is -0.296. The van der Waals surface area contributed by atoms with Crippen LogP contribution in [0.3, 0.4) is 0 Å². The molecule has 0 bridgehead atoms. The van der Waals surface area contributed by atoms with Gasteiger partial charge in [0.05, 0.1) is 6.61 Å². The lowest BCUT2D eigenvalue weighted by Crippen LogP contribution is -2.12. The Labute approximate surface area is 99.0 Å². The summed E-state index contributed by atoms with van der Waals surface area (Å²) >= 11 is 0. The summed E-state index contributed by atoms with van der Waals surface area (Å²) in [6.45, 7) is 3.31. The number of nitrogens with zero attached hydrogens (tertiary/aromatic N) is 1. The van der Waals surface area contributed by atoms with Gasteiger partial charge < -0.3 is 4.74 Å². The number of hydrogen-bond donors (Lipinski definition) is 0. The predicted molar refractivity (Wildman–Crippen MR) is 62.0 cm³/mol. The van der Waals surface area contributed by atoms with Crippen LogP contribution in [0.4, 0.5) is 4.79 Å². The number of ether oxygens (including phenoxy) is 1. The molecule has 0 radical (unpaired) electrons. The molecular formula is C12H13NO4. The molecule has 0 amide bonds. The summed E-state index contributed by atoms with van der Waals surface area (Å²) in [5.41, 5.74) is 0.575. The smallest absolute Gasteiger partial charge is 0.433 e. The monoisotopic (exact) mass is 235 g/mol. The second kappa shape index (κ2) is 6.42. The molecule has 0 heterocycles. The largest absolute Gasteiger partial charge is 0.535 e. The molecule has 90 valence electrons.